The molecule has 100 valence electrons. The second-order valence-corrected chi connectivity index (χ2v) is 5.05. The first-order chi connectivity index (χ1) is 10.3. The number of rotatable bonds is 1. The van der Waals surface area contributed by atoms with Crippen LogP contribution in [0.4, 0.5) is 0 Å². The highest BCUT2D eigenvalue weighted by atomic mass is 16.5. The zero-order valence-electron chi connectivity index (χ0n) is 11.4. The topological polar surface area (TPSA) is 22.1 Å². The van der Waals surface area contributed by atoms with Gasteiger partial charge in [-0.05, 0) is 29.2 Å². The Balaban J connectivity index is 1.81. The van der Waals surface area contributed by atoms with Crippen LogP contribution in [0.15, 0.2) is 73.4 Å². The summed E-state index contributed by atoms with van der Waals surface area (Å²) < 4.78 is 5.98. The molecule has 0 spiro atoms. The number of hydrogen-bond donors (Lipinski definition) is 0. The first-order valence-electron chi connectivity index (χ1n) is 6.84. The van der Waals surface area contributed by atoms with Crippen molar-refractivity contribution in [3.63, 3.8) is 0 Å². The van der Waals surface area contributed by atoms with Crippen molar-refractivity contribution in [2.75, 3.05) is 0 Å². The predicted octanol–water partition coefficient (Wildman–Crippen LogP) is 4.68. The molecule has 2 heteroatoms. The largest absolute Gasteiger partial charge is 0.454 e. The first-order valence-corrected chi connectivity index (χ1v) is 6.84. The maximum atomic E-state index is 5.98. The van der Waals surface area contributed by atoms with E-state index in [0.717, 1.165) is 39.1 Å². The fourth-order valence-corrected chi connectivity index (χ4v) is 2.55. The third kappa shape index (κ3) is 2.01. The van der Waals surface area contributed by atoms with Crippen LogP contribution in [-0.4, -0.2) is 4.98 Å². The molecule has 2 nitrogen and oxygen atoms in total. The average Bonchev–Trinajstić information content (AvgIpc) is 2.54. The van der Waals surface area contributed by atoms with Gasteiger partial charge in [0.1, 0.15) is 11.4 Å². The van der Waals surface area contributed by atoms with Gasteiger partial charge in [0.2, 0.25) is 0 Å². The maximum Gasteiger partial charge on any atom is 0.153 e. The van der Waals surface area contributed by atoms with E-state index in [1.165, 1.54) is 0 Å². The highest BCUT2D eigenvalue weighted by Crippen LogP contribution is 2.35. The van der Waals surface area contributed by atoms with E-state index in [1.807, 2.05) is 54.7 Å². The van der Waals surface area contributed by atoms with Crippen molar-refractivity contribution in [3.8, 4) is 5.75 Å². The van der Waals surface area contributed by atoms with Crippen molar-refractivity contribution in [3.05, 3.63) is 84.7 Å². The van der Waals surface area contributed by atoms with Gasteiger partial charge in [0.25, 0.3) is 0 Å². The number of nitrogens with zero attached hydrogens (tertiary/aromatic N) is 1. The number of allylic oxidation sites excluding steroid dienone is 2. The molecule has 3 aromatic rings. The summed E-state index contributed by atoms with van der Waals surface area (Å²) in [7, 11) is 0. The summed E-state index contributed by atoms with van der Waals surface area (Å²) in [6.07, 6.45) is 3.82. The van der Waals surface area contributed by atoms with E-state index in [1.54, 1.807) is 0 Å². The lowest BCUT2D eigenvalue weighted by molar-refractivity contribution is 0.507. The molecule has 4 rings (SSSR count). The Labute approximate surface area is 123 Å². The van der Waals surface area contributed by atoms with Gasteiger partial charge in [-0.3, -0.25) is 4.98 Å². The molecule has 21 heavy (non-hydrogen) atoms. The Bertz CT molecular complexity index is 893. The molecule has 0 amide bonds. The summed E-state index contributed by atoms with van der Waals surface area (Å²) in [6.45, 7) is 4.11. The molecule has 0 aliphatic carbocycles. The fourth-order valence-electron chi connectivity index (χ4n) is 2.55. The molecule has 0 unspecified atom stereocenters. The lowest BCUT2D eigenvalue weighted by Gasteiger charge is -2.19. The number of benzene rings is 2. The van der Waals surface area contributed by atoms with Gasteiger partial charge in [-0.25, -0.2) is 0 Å². The molecular weight excluding hydrogens is 258 g/mol. The second kappa shape index (κ2) is 4.60. The van der Waals surface area contributed by atoms with Crippen LogP contribution in [0.2, 0.25) is 0 Å². The Hall–Kier alpha value is -2.87. The Morgan fingerprint density at radius 2 is 1.67 bits per heavy atom. The predicted molar refractivity (Wildman–Crippen MR) is 85.8 cm³/mol. The minimum absolute atomic E-state index is 0.740. The lowest BCUT2D eigenvalue weighted by atomic mass is 10.0. The van der Waals surface area contributed by atoms with E-state index in [4.69, 9.17) is 4.74 Å². The number of hydrogen-bond acceptors (Lipinski definition) is 2. The summed E-state index contributed by atoms with van der Waals surface area (Å²) in [5, 5.41) is 2.27. The third-order valence-electron chi connectivity index (χ3n) is 3.64. The molecule has 2 heterocycles. The Morgan fingerprint density at radius 3 is 2.57 bits per heavy atom. The van der Waals surface area contributed by atoms with Crippen LogP contribution >= 0.6 is 0 Å². The smallest absolute Gasteiger partial charge is 0.153 e. The Kier molecular flexibility index (Phi) is 2.61. The van der Waals surface area contributed by atoms with Crippen molar-refractivity contribution in [2.24, 2.45) is 0 Å². The van der Waals surface area contributed by atoms with Gasteiger partial charge in [0, 0.05) is 17.1 Å². The molecule has 0 saturated heterocycles. The zero-order chi connectivity index (χ0) is 14.2. The quantitative estimate of drug-likeness (QED) is 0.641. The van der Waals surface area contributed by atoms with Crippen molar-refractivity contribution < 1.29 is 4.74 Å². The molecule has 0 fully saturated rings. The van der Waals surface area contributed by atoms with Crippen molar-refractivity contribution in [1.82, 2.24) is 4.98 Å². The van der Waals surface area contributed by atoms with Crippen LogP contribution in [0.5, 0.6) is 5.75 Å². The lowest BCUT2D eigenvalue weighted by Crippen LogP contribution is -2.04. The van der Waals surface area contributed by atoms with Gasteiger partial charge in [0.15, 0.2) is 5.76 Å². The van der Waals surface area contributed by atoms with Crippen LogP contribution in [0.1, 0.15) is 11.3 Å². The van der Waals surface area contributed by atoms with E-state index >= 15 is 0 Å². The normalized spacial score (nSPS) is 13.5. The second-order valence-electron chi connectivity index (χ2n) is 5.05. The number of pyridine rings is 1. The average molecular weight is 271 g/mol. The van der Waals surface area contributed by atoms with Crippen molar-refractivity contribution >= 4 is 22.1 Å². The van der Waals surface area contributed by atoms with Gasteiger partial charge < -0.3 is 4.74 Å². The number of ether oxygens (including phenoxy) is 1. The van der Waals surface area contributed by atoms with Gasteiger partial charge in [-0.1, -0.05) is 49.0 Å². The molecule has 1 aromatic heterocycles. The highest BCUT2D eigenvalue weighted by Gasteiger charge is 2.17. The summed E-state index contributed by atoms with van der Waals surface area (Å²) in [6, 6.07) is 18.1. The van der Waals surface area contributed by atoms with Gasteiger partial charge in [-0.2, -0.15) is 0 Å². The van der Waals surface area contributed by atoms with Crippen LogP contribution in [0.3, 0.4) is 0 Å². The molecular formula is C19H13NO. The van der Waals surface area contributed by atoms with Crippen LogP contribution in [0, 0.1) is 0 Å². The molecule has 1 aliphatic rings. The standard InChI is InChI=1S/C19H13NO/c1-13-10-19(21-18-9-5-4-8-16(13)18)17-11-14-6-2-3-7-15(14)12-20-17/h2-12H,1H2. The molecule has 0 saturated carbocycles. The van der Waals surface area contributed by atoms with Crippen LogP contribution < -0.4 is 4.74 Å². The molecule has 0 N–H and O–H groups in total. The summed E-state index contributed by atoms with van der Waals surface area (Å²) in [5.41, 5.74) is 2.80. The first kappa shape index (κ1) is 11.9. The van der Waals surface area contributed by atoms with Gasteiger partial charge in [-0.15, -0.1) is 0 Å². The van der Waals surface area contributed by atoms with E-state index in [-0.39, 0.29) is 0 Å². The van der Waals surface area contributed by atoms with E-state index < -0.39 is 0 Å². The monoisotopic (exact) mass is 271 g/mol. The molecule has 0 bridgehead atoms. The number of fused-ring (bicyclic) bond motifs is 2. The minimum atomic E-state index is 0.740. The molecule has 2 aromatic carbocycles. The van der Waals surface area contributed by atoms with Crippen LogP contribution in [-0.2, 0) is 0 Å². The third-order valence-corrected chi connectivity index (χ3v) is 3.64. The van der Waals surface area contributed by atoms with E-state index in [0.29, 0.717) is 0 Å². The maximum absolute atomic E-state index is 5.98. The summed E-state index contributed by atoms with van der Waals surface area (Å²) in [4.78, 5) is 4.50. The summed E-state index contributed by atoms with van der Waals surface area (Å²) in [5.74, 6) is 1.57. The van der Waals surface area contributed by atoms with Crippen molar-refractivity contribution in [2.45, 2.75) is 0 Å². The molecule has 0 radical (unpaired) electrons. The zero-order valence-corrected chi connectivity index (χ0v) is 11.4. The summed E-state index contributed by atoms with van der Waals surface area (Å²) >= 11 is 0. The van der Waals surface area contributed by atoms with E-state index in [2.05, 4.69) is 23.7 Å². The fraction of sp³-hybridized carbons (Fsp3) is 0. The van der Waals surface area contributed by atoms with E-state index in [9.17, 15) is 0 Å². The molecule has 0 atom stereocenters. The number of aromatic nitrogens is 1. The highest BCUT2D eigenvalue weighted by molar-refractivity contribution is 5.89. The van der Waals surface area contributed by atoms with Crippen LogP contribution in [0.25, 0.3) is 22.1 Å². The minimum Gasteiger partial charge on any atom is -0.454 e. The van der Waals surface area contributed by atoms with Crippen molar-refractivity contribution in [1.29, 1.82) is 0 Å². The number of para-hydroxylation sites is 1. The SMILES string of the molecule is C=C1C=C(c2cc3ccccc3cn2)Oc2ccccc21. The van der Waals surface area contributed by atoms with Gasteiger partial charge >= 0.3 is 0 Å². The Morgan fingerprint density at radius 1 is 0.905 bits per heavy atom. The molecule has 1 aliphatic heterocycles. The van der Waals surface area contributed by atoms with Gasteiger partial charge in [0.05, 0.1) is 0 Å².